The monoisotopic (exact) mass is 527 g/mol. The summed E-state index contributed by atoms with van der Waals surface area (Å²) in [7, 11) is 0. The molecule has 2 aromatic carbocycles. The van der Waals surface area contributed by atoms with Crippen molar-refractivity contribution in [1.29, 1.82) is 0 Å². The van der Waals surface area contributed by atoms with Gasteiger partial charge in [-0.25, -0.2) is 4.79 Å². The predicted molar refractivity (Wildman–Crippen MR) is 151 cm³/mol. The van der Waals surface area contributed by atoms with Crippen LogP contribution in [0.5, 0.6) is 5.75 Å². The molecule has 4 aliphatic carbocycles. The molecular weight excluding hydrogens is 494 g/mol. The summed E-state index contributed by atoms with van der Waals surface area (Å²) in [6.45, 7) is 2.67. The van der Waals surface area contributed by atoms with Crippen molar-refractivity contribution in [3.8, 4) is 17.0 Å². The van der Waals surface area contributed by atoms with Crippen molar-refractivity contribution in [1.82, 2.24) is 4.98 Å². The van der Waals surface area contributed by atoms with Crippen molar-refractivity contribution in [3.05, 3.63) is 88.6 Å². The quantitative estimate of drug-likeness (QED) is 0.220. The van der Waals surface area contributed by atoms with Crippen molar-refractivity contribution in [2.45, 2.75) is 57.5 Å². The fourth-order valence-corrected chi connectivity index (χ4v) is 7.73. The lowest BCUT2D eigenvalue weighted by atomic mass is 9.48. The van der Waals surface area contributed by atoms with Crippen LogP contribution < -0.4 is 4.74 Å². The van der Waals surface area contributed by atoms with Crippen molar-refractivity contribution >= 4 is 23.6 Å². The van der Waals surface area contributed by atoms with Crippen LogP contribution in [-0.2, 0) is 21.6 Å². The van der Waals surface area contributed by atoms with E-state index in [-0.39, 0.29) is 5.97 Å². The third kappa shape index (κ3) is 5.24. The Morgan fingerprint density at radius 1 is 1.03 bits per heavy atom. The van der Waals surface area contributed by atoms with Gasteiger partial charge in [0.25, 0.3) is 0 Å². The molecule has 0 saturated heterocycles. The Bertz CT molecular complexity index is 1310. The van der Waals surface area contributed by atoms with Gasteiger partial charge in [0.05, 0.1) is 17.3 Å². The number of esters is 1. The molecule has 196 valence electrons. The van der Waals surface area contributed by atoms with E-state index in [4.69, 9.17) is 21.1 Å². The van der Waals surface area contributed by atoms with Crippen molar-refractivity contribution in [2.24, 2.45) is 17.8 Å². The third-order valence-corrected chi connectivity index (χ3v) is 8.96. The van der Waals surface area contributed by atoms with E-state index in [0.29, 0.717) is 29.3 Å². The van der Waals surface area contributed by atoms with Crippen LogP contribution in [0.1, 0.15) is 62.1 Å². The van der Waals surface area contributed by atoms with E-state index in [1.807, 2.05) is 24.3 Å². The maximum Gasteiger partial charge on any atom is 0.330 e. The van der Waals surface area contributed by atoms with Crippen LogP contribution in [0.15, 0.2) is 66.9 Å². The maximum absolute atomic E-state index is 11.5. The number of halogens is 1. The minimum atomic E-state index is -0.386. The molecule has 7 rings (SSSR count). The van der Waals surface area contributed by atoms with Crippen molar-refractivity contribution < 1.29 is 14.3 Å². The van der Waals surface area contributed by atoms with Gasteiger partial charge in [0.2, 0.25) is 0 Å². The first-order valence-electron chi connectivity index (χ1n) is 13.8. The average molecular weight is 528 g/mol. The van der Waals surface area contributed by atoms with Gasteiger partial charge < -0.3 is 9.47 Å². The summed E-state index contributed by atoms with van der Waals surface area (Å²) in [5.74, 6) is 3.27. The standard InChI is InChI=1S/C33H34ClNO3/c1-2-37-31(36)11-6-22-16-30(34)32(35-20-22)27-7-9-29(10-8-27)38-21-23-4-3-5-28(15-23)33-17-24-12-25(18-33)14-26(13-24)19-33/h3-11,15-16,20,24-26H,2,12-14,17-19,21H2,1H3/b11-6+. The normalized spacial score (nSPS) is 25.6. The summed E-state index contributed by atoms with van der Waals surface area (Å²) >= 11 is 6.50. The smallest absolute Gasteiger partial charge is 0.330 e. The van der Waals surface area contributed by atoms with Crippen LogP contribution in [0, 0.1) is 17.8 Å². The molecule has 0 spiro atoms. The van der Waals surface area contributed by atoms with Gasteiger partial charge in [-0.15, -0.1) is 0 Å². The van der Waals surface area contributed by atoms with Gasteiger partial charge in [-0.1, -0.05) is 35.9 Å². The maximum atomic E-state index is 11.5. The zero-order chi connectivity index (χ0) is 26.1. The van der Waals surface area contributed by atoms with Crippen LogP contribution in [0.3, 0.4) is 0 Å². The Labute approximate surface area is 230 Å². The zero-order valence-corrected chi connectivity index (χ0v) is 22.6. The largest absolute Gasteiger partial charge is 0.489 e. The molecule has 0 aliphatic heterocycles. The van der Waals surface area contributed by atoms with Crippen molar-refractivity contribution in [2.75, 3.05) is 6.61 Å². The number of hydrogen-bond donors (Lipinski definition) is 0. The Kier molecular flexibility index (Phi) is 7.01. The first kappa shape index (κ1) is 25.2. The molecule has 4 fully saturated rings. The molecule has 0 amide bonds. The van der Waals surface area contributed by atoms with Crippen LogP contribution >= 0.6 is 11.6 Å². The lowest BCUT2D eigenvalue weighted by molar-refractivity contribution is -0.137. The number of carbonyl (C=O) groups is 1. The van der Waals surface area contributed by atoms with E-state index >= 15 is 0 Å². The zero-order valence-electron chi connectivity index (χ0n) is 21.9. The van der Waals surface area contributed by atoms with Crippen molar-refractivity contribution in [3.63, 3.8) is 0 Å². The number of rotatable bonds is 8. The second-order valence-electron chi connectivity index (χ2n) is 11.4. The minimum absolute atomic E-state index is 0.342. The van der Waals surface area contributed by atoms with E-state index < -0.39 is 0 Å². The Balaban J connectivity index is 1.10. The summed E-state index contributed by atoms with van der Waals surface area (Å²) < 4.78 is 11.1. The molecule has 38 heavy (non-hydrogen) atoms. The molecule has 0 N–H and O–H groups in total. The van der Waals surface area contributed by atoms with E-state index in [1.54, 1.807) is 25.3 Å². The highest BCUT2D eigenvalue weighted by Gasteiger charge is 2.51. The van der Waals surface area contributed by atoms with E-state index in [9.17, 15) is 4.79 Å². The summed E-state index contributed by atoms with van der Waals surface area (Å²) in [5.41, 5.74) is 5.51. The fraction of sp³-hybridized carbons (Fsp3) is 0.394. The highest BCUT2D eigenvalue weighted by Crippen LogP contribution is 2.60. The Hall–Kier alpha value is -3.11. The van der Waals surface area contributed by atoms with Crippen LogP contribution in [0.4, 0.5) is 0 Å². The summed E-state index contributed by atoms with van der Waals surface area (Å²) in [6, 6.07) is 18.8. The highest BCUT2D eigenvalue weighted by molar-refractivity contribution is 6.33. The molecule has 4 aliphatic rings. The third-order valence-electron chi connectivity index (χ3n) is 8.67. The number of hydrogen-bond acceptors (Lipinski definition) is 4. The lowest BCUT2D eigenvalue weighted by Gasteiger charge is -2.57. The first-order chi connectivity index (χ1) is 18.5. The van der Waals surface area contributed by atoms with Crippen LogP contribution in [0.2, 0.25) is 5.02 Å². The Morgan fingerprint density at radius 2 is 1.74 bits per heavy atom. The lowest BCUT2D eigenvalue weighted by Crippen LogP contribution is -2.48. The van der Waals surface area contributed by atoms with Gasteiger partial charge in [-0.05, 0) is 122 Å². The van der Waals surface area contributed by atoms with E-state index in [0.717, 1.165) is 34.6 Å². The SMILES string of the molecule is CCOC(=O)/C=C/c1cnc(-c2ccc(OCc3cccc(C45CC6CC(CC(C6)C4)C5)c3)cc2)c(Cl)c1. The number of nitrogens with zero attached hydrogens (tertiary/aromatic N) is 1. The summed E-state index contributed by atoms with van der Waals surface area (Å²) in [6.07, 6.45) is 13.3. The molecule has 1 heterocycles. The molecule has 0 unspecified atom stereocenters. The molecule has 4 bridgehead atoms. The van der Waals surface area contributed by atoms with Gasteiger partial charge >= 0.3 is 5.97 Å². The average Bonchev–Trinajstić information content (AvgIpc) is 2.91. The number of pyridine rings is 1. The second kappa shape index (κ2) is 10.6. The topological polar surface area (TPSA) is 48.4 Å². The van der Waals surface area contributed by atoms with E-state index in [2.05, 4.69) is 29.2 Å². The number of benzene rings is 2. The predicted octanol–water partition coefficient (Wildman–Crippen LogP) is 8.03. The molecular formula is C33H34ClNO3. The van der Waals surface area contributed by atoms with Gasteiger partial charge in [-0.2, -0.15) is 0 Å². The summed E-state index contributed by atoms with van der Waals surface area (Å²) in [5, 5.41) is 0.520. The van der Waals surface area contributed by atoms with Gasteiger partial charge in [0, 0.05) is 17.8 Å². The molecule has 4 nitrogen and oxygen atoms in total. The van der Waals surface area contributed by atoms with Gasteiger partial charge in [0.1, 0.15) is 12.4 Å². The fourth-order valence-electron chi connectivity index (χ4n) is 7.44. The highest BCUT2D eigenvalue weighted by atomic mass is 35.5. The molecule has 0 radical (unpaired) electrons. The Morgan fingerprint density at radius 3 is 2.39 bits per heavy atom. The summed E-state index contributed by atoms with van der Waals surface area (Å²) in [4.78, 5) is 16.0. The van der Waals surface area contributed by atoms with Crippen LogP contribution in [-0.4, -0.2) is 17.6 Å². The molecule has 4 saturated carbocycles. The molecule has 1 aromatic heterocycles. The number of aromatic nitrogens is 1. The van der Waals surface area contributed by atoms with Crippen LogP contribution in [0.25, 0.3) is 17.3 Å². The molecule has 3 aromatic rings. The first-order valence-corrected chi connectivity index (χ1v) is 14.2. The molecule has 5 heteroatoms. The number of ether oxygens (including phenoxy) is 2. The second-order valence-corrected chi connectivity index (χ2v) is 11.8. The number of carbonyl (C=O) groups excluding carboxylic acids is 1. The minimum Gasteiger partial charge on any atom is -0.489 e. The van der Waals surface area contributed by atoms with Gasteiger partial charge in [0.15, 0.2) is 0 Å². The van der Waals surface area contributed by atoms with E-state index in [1.165, 1.54) is 55.7 Å². The van der Waals surface area contributed by atoms with Gasteiger partial charge in [-0.3, -0.25) is 4.98 Å². The molecule has 0 atom stereocenters.